The molecule has 0 saturated carbocycles. The summed E-state index contributed by atoms with van der Waals surface area (Å²) in [5.74, 6) is 0.734. The number of benzene rings is 2. The number of aromatic hydroxyl groups is 1. The van der Waals surface area contributed by atoms with Gasteiger partial charge >= 0.3 is 0 Å². The summed E-state index contributed by atoms with van der Waals surface area (Å²) in [5.41, 5.74) is 1.02. The lowest BCUT2D eigenvalue weighted by atomic mass is 10.2. The third kappa shape index (κ3) is 2.99. The molecule has 5 nitrogen and oxygen atoms in total. The Hall–Kier alpha value is -2.95. The highest BCUT2D eigenvalue weighted by molar-refractivity contribution is 5.83. The molecule has 116 valence electrons. The maximum absolute atomic E-state index is 12.7. The van der Waals surface area contributed by atoms with E-state index >= 15 is 0 Å². The quantitative estimate of drug-likeness (QED) is 0.754. The maximum atomic E-state index is 12.7. The van der Waals surface area contributed by atoms with Crippen LogP contribution >= 0.6 is 0 Å². The number of para-hydroxylation sites is 2. The molecule has 5 heteroatoms. The Bertz CT molecular complexity index is 929. The Kier molecular flexibility index (Phi) is 4.19. The molecule has 0 saturated heterocycles. The van der Waals surface area contributed by atoms with Crippen molar-refractivity contribution in [1.82, 2.24) is 9.66 Å². The van der Waals surface area contributed by atoms with E-state index in [4.69, 9.17) is 0 Å². The van der Waals surface area contributed by atoms with E-state index in [2.05, 4.69) is 10.1 Å². The summed E-state index contributed by atoms with van der Waals surface area (Å²) in [4.78, 5) is 17.2. The zero-order valence-electron chi connectivity index (χ0n) is 12.8. The van der Waals surface area contributed by atoms with Gasteiger partial charge in [-0.1, -0.05) is 31.2 Å². The number of nitrogens with zero attached hydrogens (tertiary/aromatic N) is 3. The molecule has 3 rings (SSSR count). The van der Waals surface area contributed by atoms with Crippen molar-refractivity contribution >= 4 is 17.1 Å². The van der Waals surface area contributed by atoms with Crippen molar-refractivity contribution in [1.29, 1.82) is 0 Å². The van der Waals surface area contributed by atoms with E-state index in [1.165, 1.54) is 10.9 Å². The van der Waals surface area contributed by atoms with E-state index in [0.717, 1.165) is 6.42 Å². The van der Waals surface area contributed by atoms with Gasteiger partial charge in [0.1, 0.15) is 11.6 Å². The highest BCUT2D eigenvalue weighted by Gasteiger charge is 2.09. The van der Waals surface area contributed by atoms with Crippen molar-refractivity contribution in [3.8, 4) is 5.75 Å². The summed E-state index contributed by atoms with van der Waals surface area (Å²) >= 11 is 0. The van der Waals surface area contributed by atoms with Crippen LogP contribution in [-0.2, 0) is 6.42 Å². The van der Waals surface area contributed by atoms with E-state index in [-0.39, 0.29) is 11.3 Å². The second-order valence-electron chi connectivity index (χ2n) is 5.22. The van der Waals surface area contributed by atoms with Gasteiger partial charge in [0, 0.05) is 12.0 Å². The predicted octanol–water partition coefficient (Wildman–Crippen LogP) is 2.94. The van der Waals surface area contributed by atoms with Crippen LogP contribution in [0.3, 0.4) is 0 Å². The van der Waals surface area contributed by atoms with E-state index in [1.54, 1.807) is 30.3 Å². The summed E-state index contributed by atoms with van der Waals surface area (Å²) in [6, 6.07) is 14.1. The van der Waals surface area contributed by atoms with Crippen LogP contribution in [0.25, 0.3) is 10.9 Å². The number of fused-ring (bicyclic) bond motifs is 1. The smallest absolute Gasteiger partial charge is 0.282 e. The summed E-state index contributed by atoms with van der Waals surface area (Å²) in [6.45, 7) is 2.03. The Balaban J connectivity index is 2.15. The lowest BCUT2D eigenvalue weighted by molar-refractivity contribution is 0.474. The van der Waals surface area contributed by atoms with Gasteiger partial charge in [-0.25, -0.2) is 4.98 Å². The molecule has 0 aliphatic heterocycles. The van der Waals surface area contributed by atoms with Gasteiger partial charge < -0.3 is 5.11 Å². The maximum Gasteiger partial charge on any atom is 0.282 e. The topological polar surface area (TPSA) is 67.5 Å². The molecule has 0 amide bonds. The van der Waals surface area contributed by atoms with Gasteiger partial charge in [0.05, 0.1) is 17.1 Å². The lowest BCUT2D eigenvalue weighted by Crippen LogP contribution is -2.22. The Morgan fingerprint density at radius 3 is 2.70 bits per heavy atom. The first-order valence-corrected chi connectivity index (χ1v) is 7.53. The molecule has 0 radical (unpaired) electrons. The first-order valence-electron chi connectivity index (χ1n) is 7.53. The van der Waals surface area contributed by atoms with E-state index < -0.39 is 0 Å². The predicted molar refractivity (Wildman–Crippen MR) is 91.1 cm³/mol. The normalized spacial score (nSPS) is 11.3. The van der Waals surface area contributed by atoms with Crippen LogP contribution in [0, 0.1) is 0 Å². The number of hydrogen-bond acceptors (Lipinski definition) is 4. The van der Waals surface area contributed by atoms with Gasteiger partial charge in [-0.15, -0.1) is 0 Å². The van der Waals surface area contributed by atoms with Gasteiger partial charge in [-0.05, 0) is 30.7 Å². The number of phenolic OH excluding ortho intramolecular Hbond substituents is 1. The van der Waals surface area contributed by atoms with E-state index in [9.17, 15) is 9.90 Å². The largest absolute Gasteiger partial charge is 0.507 e. The zero-order valence-corrected chi connectivity index (χ0v) is 12.8. The van der Waals surface area contributed by atoms with Crippen LogP contribution in [0.5, 0.6) is 5.75 Å². The molecule has 1 heterocycles. The molecule has 2 aromatic carbocycles. The van der Waals surface area contributed by atoms with E-state index in [0.29, 0.717) is 28.7 Å². The lowest BCUT2D eigenvalue weighted by Gasteiger charge is -2.08. The van der Waals surface area contributed by atoms with Gasteiger partial charge in [0.15, 0.2) is 0 Å². The fourth-order valence-electron chi connectivity index (χ4n) is 2.39. The minimum atomic E-state index is -0.203. The minimum absolute atomic E-state index is 0.120. The molecule has 0 atom stereocenters. The zero-order chi connectivity index (χ0) is 16.2. The van der Waals surface area contributed by atoms with Gasteiger partial charge in [-0.3, -0.25) is 4.79 Å². The summed E-state index contributed by atoms with van der Waals surface area (Å²) in [7, 11) is 0. The fraction of sp³-hybridized carbons (Fsp3) is 0.167. The van der Waals surface area contributed by atoms with E-state index in [1.807, 2.05) is 25.1 Å². The third-order valence-electron chi connectivity index (χ3n) is 3.54. The van der Waals surface area contributed by atoms with Crippen molar-refractivity contribution in [2.45, 2.75) is 19.8 Å². The standard InChI is InChI=1S/C18H17N3O2/c1-2-7-17-20-15-10-5-4-9-14(15)18(23)21(17)19-12-13-8-3-6-11-16(13)22/h3-6,8-12,22H,2,7H2,1H3/b19-12+. The SMILES string of the molecule is CCCc1nc2ccccc2c(=O)n1/N=C/c1ccccc1O. The van der Waals surface area contributed by atoms with Crippen LogP contribution in [0.1, 0.15) is 24.7 Å². The Morgan fingerprint density at radius 1 is 1.17 bits per heavy atom. The molecule has 0 bridgehead atoms. The second kappa shape index (κ2) is 6.44. The van der Waals surface area contributed by atoms with Crippen LogP contribution in [0.4, 0.5) is 0 Å². The molecule has 0 aliphatic carbocycles. The average Bonchev–Trinajstić information content (AvgIpc) is 2.56. The average molecular weight is 307 g/mol. The van der Waals surface area contributed by atoms with Gasteiger partial charge in [0.25, 0.3) is 5.56 Å². The Morgan fingerprint density at radius 2 is 1.91 bits per heavy atom. The van der Waals surface area contributed by atoms with Crippen LogP contribution < -0.4 is 5.56 Å². The van der Waals surface area contributed by atoms with Gasteiger partial charge in [0.2, 0.25) is 0 Å². The minimum Gasteiger partial charge on any atom is -0.507 e. The molecule has 0 fully saturated rings. The van der Waals surface area contributed by atoms with Crippen LogP contribution in [-0.4, -0.2) is 21.0 Å². The third-order valence-corrected chi connectivity index (χ3v) is 3.54. The molecule has 3 aromatic rings. The number of aryl methyl sites for hydroxylation is 1. The monoisotopic (exact) mass is 307 g/mol. The highest BCUT2D eigenvalue weighted by atomic mass is 16.3. The molecular formula is C18H17N3O2. The van der Waals surface area contributed by atoms with Crippen molar-refractivity contribution in [3.63, 3.8) is 0 Å². The number of hydrogen-bond donors (Lipinski definition) is 1. The number of phenols is 1. The van der Waals surface area contributed by atoms with Crippen molar-refractivity contribution in [2.24, 2.45) is 5.10 Å². The molecule has 1 N–H and O–H groups in total. The summed E-state index contributed by atoms with van der Waals surface area (Å²) < 4.78 is 1.32. The van der Waals surface area contributed by atoms with Crippen LogP contribution in [0.15, 0.2) is 58.4 Å². The summed E-state index contributed by atoms with van der Waals surface area (Å²) in [5, 5.41) is 14.6. The second-order valence-corrected chi connectivity index (χ2v) is 5.22. The van der Waals surface area contributed by atoms with Crippen molar-refractivity contribution < 1.29 is 5.11 Å². The first kappa shape index (κ1) is 15.0. The number of aromatic nitrogens is 2. The van der Waals surface area contributed by atoms with Gasteiger partial charge in [-0.2, -0.15) is 9.78 Å². The molecule has 0 aliphatic rings. The highest BCUT2D eigenvalue weighted by Crippen LogP contribution is 2.13. The molecule has 1 aromatic heterocycles. The molecule has 0 spiro atoms. The number of rotatable bonds is 4. The van der Waals surface area contributed by atoms with Crippen molar-refractivity contribution in [2.75, 3.05) is 0 Å². The summed E-state index contributed by atoms with van der Waals surface area (Å²) in [6.07, 6.45) is 2.99. The van der Waals surface area contributed by atoms with Crippen molar-refractivity contribution in [3.05, 3.63) is 70.3 Å². The Labute approximate surface area is 133 Å². The first-order chi connectivity index (χ1) is 11.2. The van der Waals surface area contributed by atoms with Crippen LogP contribution in [0.2, 0.25) is 0 Å². The molecule has 0 unspecified atom stereocenters. The molecular weight excluding hydrogens is 290 g/mol. The molecule has 23 heavy (non-hydrogen) atoms. The fourth-order valence-corrected chi connectivity index (χ4v) is 2.39.